The van der Waals surface area contributed by atoms with E-state index >= 15 is 0 Å². The Bertz CT molecular complexity index is 587. The Morgan fingerprint density at radius 1 is 1.16 bits per heavy atom. The van der Waals surface area contributed by atoms with Gasteiger partial charge in [0.25, 0.3) is 5.91 Å². The molecule has 1 aromatic carbocycles. The molecule has 0 saturated carbocycles. The molecule has 1 aliphatic heterocycles. The van der Waals surface area contributed by atoms with E-state index in [1.807, 2.05) is 41.3 Å². The first-order chi connectivity index (χ1) is 9.25. The van der Waals surface area contributed by atoms with E-state index in [0.29, 0.717) is 9.90 Å². The summed E-state index contributed by atoms with van der Waals surface area (Å²) in [7, 11) is 0. The summed E-state index contributed by atoms with van der Waals surface area (Å²) in [5.74, 6) is 0.0703. The van der Waals surface area contributed by atoms with E-state index in [9.17, 15) is 4.79 Å². The smallest absolute Gasteiger partial charge is 0.256 e. The summed E-state index contributed by atoms with van der Waals surface area (Å²) in [5, 5.41) is 0. The molecule has 1 saturated heterocycles. The molecule has 2 nitrogen and oxygen atoms in total. The van der Waals surface area contributed by atoms with E-state index < -0.39 is 0 Å². The third-order valence-corrected chi connectivity index (χ3v) is 4.78. The van der Waals surface area contributed by atoms with Crippen LogP contribution in [0.4, 0.5) is 0 Å². The van der Waals surface area contributed by atoms with E-state index in [1.165, 1.54) is 11.3 Å². The van der Waals surface area contributed by atoms with Crippen LogP contribution in [-0.2, 0) is 0 Å². The number of hydrogen-bond donors (Lipinski definition) is 0. The van der Waals surface area contributed by atoms with Crippen molar-refractivity contribution in [2.75, 3.05) is 13.1 Å². The van der Waals surface area contributed by atoms with Crippen LogP contribution in [0, 0.1) is 0 Å². The van der Waals surface area contributed by atoms with Crippen LogP contribution in [0.15, 0.2) is 36.4 Å². The van der Waals surface area contributed by atoms with Gasteiger partial charge in [0.05, 0.1) is 5.56 Å². The van der Waals surface area contributed by atoms with Crippen molar-refractivity contribution in [1.82, 2.24) is 4.90 Å². The van der Waals surface area contributed by atoms with Crippen LogP contribution >= 0.6 is 22.9 Å². The van der Waals surface area contributed by atoms with Gasteiger partial charge in [-0.1, -0.05) is 41.9 Å². The van der Waals surface area contributed by atoms with E-state index in [2.05, 4.69) is 0 Å². The van der Waals surface area contributed by atoms with Crippen LogP contribution in [0.25, 0.3) is 10.4 Å². The summed E-state index contributed by atoms with van der Waals surface area (Å²) in [5.41, 5.74) is 1.75. The first-order valence-corrected chi connectivity index (χ1v) is 7.59. The predicted octanol–water partition coefficient (Wildman–Crippen LogP) is 4.30. The fourth-order valence-electron chi connectivity index (χ4n) is 2.35. The summed E-state index contributed by atoms with van der Waals surface area (Å²) in [6.07, 6.45) is 2.19. The summed E-state index contributed by atoms with van der Waals surface area (Å²) in [6.45, 7) is 1.71. The lowest BCUT2D eigenvalue weighted by molar-refractivity contribution is 0.0793. The van der Waals surface area contributed by atoms with Gasteiger partial charge < -0.3 is 4.90 Å². The fourth-order valence-corrected chi connectivity index (χ4v) is 3.61. The van der Waals surface area contributed by atoms with Crippen LogP contribution in [0.2, 0.25) is 4.34 Å². The zero-order valence-corrected chi connectivity index (χ0v) is 12.0. The topological polar surface area (TPSA) is 20.3 Å². The molecule has 3 rings (SSSR count). The number of nitrogens with zero attached hydrogens (tertiary/aromatic N) is 1. The summed E-state index contributed by atoms with van der Waals surface area (Å²) in [4.78, 5) is 15.3. The van der Waals surface area contributed by atoms with Crippen molar-refractivity contribution in [2.24, 2.45) is 0 Å². The quantitative estimate of drug-likeness (QED) is 0.807. The maximum atomic E-state index is 12.4. The number of benzene rings is 1. The molecule has 0 N–H and O–H groups in total. The van der Waals surface area contributed by atoms with Gasteiger partial charge in [0.2, 0.25) is 0 Å². The number of carbonyl (C=O) groups is 1. The molecular formula is C15H14ClNOS. The third-order valence-electron chi connectivity index (χ3n) is 3.37. The molecule has 1 aromatic heterocycles. The van der Waals surface area contributed by atoms with Crippen molar-refractivity contribution >= 4 is 28.8 Å². The molecule has 98 valence electrons. The SMILES string of the molecule is O=C(c1cc(-c2ccccc2)sc1Cl)N1CCCC1. The summed E-state index contributed by atoms with van der Waals surface area (Å²) in [6, 6.07) is 12.0. The molecule has 0 atom stereocenters. The van der Waals surface area contributed by atoms with Crippen LogP contribution in [0.5, 0.6) is 0 Å². The van der Waals surface area contributed by atoms with Crippen LogP contribution in [0.1, 0.15) is 23.2 Å². The maximum absolute atomic E-state index is 12.4. The Kier molecular flexibility index (Phi) is 3.58. The second-order valence-electron chi connectivity index (χ2n) is 4.66. The zero-order chi connectivity index (χ0) is 13.2. The minimum absolute atomic E-state index is 0.0703. The molecule has 2 aromatic rings. The minimum Gasteiger partial charge on any atom is -0.339 e. The molecular weight excluding hydrogens is 278 g/mol. The zero-order valence-electron chi connectivity index (χ0n) is 10.4. The van der Waals surface area contributed by atoms with Gasteiger partial charge in [-0.3, -0.25) is 4.79 Å². The standard InChI is InChI=1S/C15H14ClNOS/c16-14-12(15(18)17-8-4-5-9-17)10-13(19-14)11-6-2-1-3-7-11/h1-3,6-7,10H,4-5,8-9H2. The Hall–Kier alpha value is -1.32. The monoisotopic (exact) mass is 291 g/mol. The number of thiophene rings is 1. The lowest BCUT2D eigenvalue weighted by Crippen LogP contribution is -2.27. The van der Waals surface area contributed by atoms with Gasteiger partial charge in [0.15, 0.2) is 0 Å². The number of rotatable bonds is 2. The molecule has 1 amide bonds. The highest BCUT2D eigenvalue weighted by atomic mass is 35.5. The van der Waals surface area contributed by atoms with Crippen molar-refractivity contribution in [3.05, 3.63) is 46.3 Å². The normalized spacial score (nSPS) is 14.9. The second-order valence-corrected chi connectivity index (χ2v) is 6.32. The highest BCUT2D eigenvalue weighted by Crippen LogP contribution is 2.35. The van der Waals surface area contributed by atoms with Gasteiger partial charge in [-0.15, -0.1) is 11.3 Å². The molecule has 0 aliphatic carbocycles. The van der Waals surface area contributed by atoms with Crippen LogP contribution in [-0.4, -0.2) is 23.9 Å². The summed E-state index contributed by atoms with van der Waals surface area (Å²) < 4.78 is 0.593. The number of carbonyl (C=O) groups excluding carboxylic acids is 1. The van der Waals surface area contributed by atoms with Crippen molar-refractivity contribution in [1.29, 1.82) is 0 Å². The molecule has 0 bridgehead atoms. The lowest BCUT2D eigenvalue weighted by Gasteiger charge is -2.14. The third kappa shape index (κ3) is 2.53. The van der Waals surface area contributed by atoms with E-state index in [-0.39, 0.29) is 5.91 Å². The molecule has 2 heterocycles. The van der Waals surface area contributed by atoms with Gasteiger partial charge in [0.1, 0.15) is 4.34 Å². The number of likely N-dealkylation sites (tertiary alicyclic amines) is 1. The van der Waals surface area contributed by atoms with Gasteiger partial charge in [0, 0.05) is 18.0 Å². The highest BCUT2D eigenvalue weighted by Gasteiger charge is 2.23. The molecule has 1 aliphatic rings. The molecule has 1 fully saturated rings. The van der Waals surface area contributed by atoms with Gasteiger partial charge in [-0.25, -0.2) is 0 Å². The van der Waals surface area contributed by atoms with E-state index in [0.717, 1.165) is 36.4 Å². The first-order valence-electron chi connectivity index (χ1n) is 6.40. The summed E-state index contributed by atoms with van der Waals surface area (Å²) >= 11 is 7.71. The lowest BCUT2D eigenvalue weighted by atomic mass is 10.1. The fraction of sp³-hybridized carbons (Fsp3) is 0.267. The van der Waals surface area contributed by atoms with Gasteiger partial charge in [-0.2, -0.15) is 0 Å². The number of hydrogen-bond acceptors (Lipinski definition) is 2. The minimum atomic E-state index is 0.0703. The number of halogens is 1. The Labute approximate surface area is 121 Å². The first kappa shape index (κ1) is 12.7. The van der Waals surface area contributed by atoms with Crippen molar-refractivity contribution in [3.63, 3.8) is 0 Å². The van der Waals surface area contributed by atoms with Crippen LogP contribution in [0.3, 0.4) is 0 Å². The Balaban J connectivity index is 1.91. The predicted molar refractivity (Wildman–Crippen MR) is 79.9 cm³/mol. The van der Waals surface area contributed by atoms with Crippen LogP contribution < -0.4 is 0 Å². The molecule has 19 heavy (non-hydrogen) atoms. The van der Waals surface area contributed by atoms with Gasteiger partial charge in [-0.05, 0) is 24.5 Å². The molecule has 4 heteroatoms. The van der Waals surface area contributed by atoms with Gasteiger partial charge >= 0.3 is 0 Å². The van der Waals surface area contributed by atoms with E-state index in [4.69, 9.17) is 11.6 Å². The number of amides is 1. The van der Waals surface area contributed by atoms with E-state index in [1.54, 1.807) is 0 Å². The highest BCUT2D eigenvalue weighted by molar-refractivity contribution is 7.19. The van der Waals surface area contributed by atoms with Crippen molar-refractivity contribution in [3.8, 4) is 10.4 Å². The second kappa shape index (κ2) is 5.35. The Morgan fingerprint density at radius 2 is 1.84 bits per heavy atom. The molecule has 0 spiro atoms. The average Bonchev–Trinajstić information content (AvgIpc) is 3.08. The maximum Gasteiger partial charge on any atom is 0.256 e. The Morgan fingerprint density at radius 3 is 2.53 bits per heavy atom. The molecule has 0 radical (unpaired) electrons. The average molecular weight is 292 g/mol. The largest absolute Gasteiger partial charge is 0.339 e. The van der Waals surface area contributed by atoms with Crippen molar-refractivity contribution in [2.45, 2.75) is 12.8 Å². The van der Waals surface area contributed by atoms with Crippen molar-refractivity contribution < 1.29 is 4.79 Å². The molecule has 0 unspecified atom stereocenters.